The highest BCUT2D eigenvalue weighted by molar-refractivity contribution is 6.11. The summed E-state index contributed by atoms with van der Waals surface area (Å²) in [6, 6.07) is 84.2. The predicted octanol–water partition coefficient (Wildman–Crippen LogP) is 17.3. The molecule has 2 heterocycles. The van der Waals surface area contributed by atoms with E-state index in [-0.39, 0.29) is 0 Å². The SMILES string of the molecule is c1ccc(-c2cc(-c3ccccc3)cc(N(c3ccc(-c4ccc5c(c4)oc4ccccc45)cc3)c3ccc(-c4ccc5oc6c(-c7ccccc7)cccc6c5c4)cc3)c2)cc1. The largest absolute Gasteiger partial charge is 0.456 e. The average Bonchev–Trinajstić information content (AvgIpc) is 3.93. The van der Waals surface area contributed by atoms with E-state index in [1.54, 1.807) is 0 Å². The maximum absolute atomic E-state index is 6.52. The summed E-state index contributed by atoms with van der Waals surface area (Å²) in [5, 5.41) is 4.49. The molecule has 10 aromatic carbocycles. The van der Waals surface area contributed by atoms with Gasteiger partial charge in [-0.25, -0.2) is 0 Å². The molecular formula is C60H39NO2. The van der Waals surface area contributed by atoms with Crippen LogP contribution in [-0.2, 0) is 0 Å². The lowest BCUT2D eigenvalue weighted by Crippen LogP contribution is -2.10. The van der Waals surface area contributed by atoms with Crippen LogP contribution in [0, 0.1) is 0 Å². The second-order valence-corrected chi connectivity index (χ2v) is 16.1. The minimum Gasteiger partial charge on any atom is -0.456 e. The molecular weight excluding hydrogens is 767 g/mol. The fraction of sp³-hybridized carbons (Fsp3) is 0. The minimum atomic E-state index is 0.883. The van der Waals surface area contributed by atoms with Crippen LogP contribution >= 0.6 is 0 Å². The first-order chi connectivity index (χ1) is 31.2. The summed E-state index contributed by atoms with van der Waals surface area (Å²) in [5.74, 6) is 0. The standard InChI is InChI=1S/C60H39NO2/c1-4-13-40(14-5-1)47-35-48(41-15-6-2-7-16-41)37-51(36-47)61(50-31-25-43(26-32-50)46-27-33-54-53-19-10-11-22-57(53)62-59(54)39-46)49-29-23-42(24-30-49)45-28-34-58-56(38-45)55-21-12-20-52(60(55)63-58)44-17-8-3-9-18-44/h1-39H. The van der Waals surface area contributed by atoms with Gasteiger partial charge in [-0.1, -0.05) is 164 Å². The zero-order valence-corrected chi connectivity index (χ0v) is 34.3. The molecule has 3 nitrogen and oxygen atoms in total. The lowest BCUT2D eigenvalue weighted by atomic mass is 9.97. The van der Waals surface area contributed by atoms with Gasteiger partial charge in [-0.2, -0.15) is 0 Å². The number of para-hydroxylation sites is 2. The Morgan fingerprint density at radius 3 is 1.38 bits per heavy atom. The van der Waals surface area contributed by atoms with E-state index in [2.05, 4.69) is 223 Å². The summed E-state index contributed by atoms with van der Waals surface area (Å²) in [5.41, 5.74) is 18.2. The molecule has 2 aromatic heterocycles. The molecule has 0 aliphatic carbocycles. The van der Waals surface area contributed by atoms with Crippen molar-refractivity contribution in [2.45, 2.75) is 0 Å². The lowest BCUT2D eigenvalue weighted by molar-refractivity contribution is 0.669. The molecule has 0 N–H and O–H groups in total. The Bertz CT molecular complexity index is 3530. The molecule has 0 atom stereocenters. The molecule has 12 aromatic rings. The van der Waals surface area contributed by atoms with Crippen molar-refractivity contribution in [3.63, 3.8) is 0 Å². The number of nitrogens with zero attached hydrogens (tertiary/aromatic N) is 1. The van der Waals surface area contributed by atoms with Gasteiger partial charge in [-0.3, -0.25) is 0 Å². The molecule has 63 heavy (non-hydrogen) atoms. The molecule has 0 fully saturated rings. The van der Waals surface area contributed by atoms with Crippen LogP contribution in [0.25, 0.3) is 99.5 Å². The molecule has 0 radical (unpaired) electrons. The van der Waals surface area contributed by atoms with Gasteiger partial charge in [0.15, 0.2) is 0 Å². The highest BCUT2D eigenvalue weighted by Gasteiger charge is 2.18. The Hall–Kier alpha value is -8.40. The molecule has 0 spiro atoms. The third-order valence-corrected chi connectivity index (χ3v) is 12.3. The van der Waals surface area contributed by atoms with Gasteiger partial charge in [-0.05, 0) is 123 Å². The van der Waals surface area contributed by atoms with Gasteiger partial charge < -0.3 is 13.7 Å². The van der Waals surface area contributed by atoms with E-state index in [1.807, 2.05) is 18.2 Å². The van der Waals surface area contributed by atoms with E-state index in [0.29, 0.717) is 0 Å². The number of benzene rings is 10. The molecule has 0 unspecified atom stereocenters. The van der Waals surface area contributed by atoms with Crippen molar-refractivity contribution in [3.8, 4) is 55.6 Å². The number of furan rings is 2. The summed E-state index contributed by atoms with van der Waals surface area (Å²) in [4.78, 5) is 2.37. The van der Waals surface area contributed by atoms with Crippen LogP contribution in [0.2, 0.25) is 0 Å². The average molecular weight is 806 g/mol. The van der Waals surface area contributed by atoms with E-state index in [9.17, 15) is 0 Å². The normalized spacial score (nSPS) is 11.5. The molecule has 0 amide bonds. The Morgan fingerprint density at radius 1 is 0.238 bits per heavy atom. The zero-order valence-electron chi connectivity index (χ0n) is 34.3. The fourth-order valence-electron chi connectivity index (χ4n) is 9.12. The Morgan fingerprint density at radius 2 is 0.730 bits per heavy atom. The van der Waals surface area contributed by atoms with Gasteiger partial charge in [0.25, 0.3) is 0 Å². The number of fused-ring (bicyclic) bond motifs is 6. The van der Waals surface area contributed by atoms with E-state index >= 15 is 0 Å². The second kappa shape index (κ2) is 15.3. The fourth-order valence-corrected chi connectivity index (χ4v) is 9.12. The maximum atomic E-state index is 6.52. The highest BCUT2D eigenvalue weighted by Crippen LogP contribution is 2.43. The smallest absolute Gasteiger partial charge is 0.143 e. The van der Waals surface area contributed by atoms with Crippen LogP contribution in [0.5, 0.6) is 0 Å². The van der Waals surface area contributed by atoms with Crippen molar-refractivity contribution >= 4 is 60.9 Å². The Balaban J connectivity index is 0.963. The van der Waals surface area contributed by atoms with Crippen LogP contribution in [0.1, 0.15) is 0 Å². The Labute approximate surface area is 365 Å². The molecule has 3 heteroatoms. The Kier molecular flexibility index (Phi) is 8.83. The van der Waals surface area contributed by atoms with E-state index in [0.717, 1.165) is 105 Å². The number of hydrogen-bond acceptors (Lipinski definition) is 3. The van der Waals surface area contributed by atoms with Gasteiger partial charge in [0.2, 0.25) is 0 Å². The number of rotatable bonds is 8. The highest BCUT2D eigenvalue weighted by atomic mass is 16.3. The van der Waals surface area contributed by atoms with E-state index < -0.39 is 0 Å². The van der Waals surface area contributed by atoms with Crippen LogP contribution in [0.4, 0.5) is 17.1 Å². The van der Waals surface area contributed by atoms with Crippen LogP contribution in [-0.4, -0.2) is 0 Å². The lowest BCUT2D eigenvalue weighted by Gasteiger charge is -2.27. The van der Waals surface area contributed by atoms with E-state index in [4.69, 9.17) is 8.83 Å². The van der Waals surface area contributed by atoms with Crippen molar-refractivity contribution in [2.24, 2.45) is 0 Å². The quantitative estimate of drug-likeness (QED) is 0.153. The third kappa shape index (κ3) is 6.64. The summed E-state index contributed by atoms with van der Waals surface area (Å²) in [6.07, 6.45) is 0. The van der Waals surface area contributed by atoms with Crippen LogP contribution in [0.15, 0.2) is 245 Å². The molecule has 0 saturated carbocycles. The van der Waals surface area contributed by atoms with E-state index in [1.165, 1.54) is 11.1 Å². The summed E-state index contributed by atoms with van der Waals surface area (Å²) >= 11 is 0. The van der Waals surface area contributed by atoms with Crippen molar-refractivity contribution in [1.82, 2.24) is 0 Å². The summed E-state index contributed by atoms with van der Waals surface area (Å²) in [6.45, 7) is 0. The maximum Gasteiger partial charge on any atom is 0.143 e. The van der Waals surface area contributed by atoms with Crippen LogP contribution in [0.3, 0.4) is 0 Å². The monoisotopic (exact) mass is 805 g/mol. The third-order valence-electron chi connectivity index (χ3n) is 12.3. The first kappa shape index (κ1) is 36.5. The van der Waals surface area contributed by atoms with Crippen LogP contribution < -0.4 is 4.90 Å². The van der Waals surface area contributed by atoms with Gasteiger partial charge in [-0.15, -0.1) is 0 Å². The summed E-state index contributed by atoms with van der Waals surface area (Å²) < 4.78 is 12.8. The molecule has 0 aliphatic rings. The van der Waals surface area contributed by atoms with Crippen molar-refractivity contribution in [1.29, 1.82) is 0 Å². The van der Waals surface area contributed by atoms with Gasteiger partial charge in [0.05, 0.1) is 0 Å². The molecule has 0 aliphatic heterocycles. The molecule has 296 valence electrons. The first-order valence-electron chi connectivity index (χ1n) is 21.4. The molecule has 0 saturated heterocycles. The minimum absolute atomic E-state index is 0.883. The van der Waals surface area contributed by atoms with Crippen molar-refractivity contribution in [2.75, 3.05) is 4.90 Å². The summed E-state index contributed by atoms with van der Waals surface area (Å²) in [7, 11) is 0. The second-order valence-electron chi connectivity index (χ2n) is 16.1. The molecule has 12 rings (SSSR count). The molecule has 0 bridgehead atoms. The predicted molar refractivity (Wildman–Crippen MR) is 263 cm³/mol. The topological polar surface area (TPSA) is 29.5 Å². The number of hydrogen-bond donors (Lipinski definition) is 0. The first-order valence-corrected chi connectivity index (χ1v) is 21.4. The van der Waals surface area contributed by atoms with Crippen molar-refractivity contribution < 1.29 is 8.83 Å². The van der Waals surface area contributed by atoms with Gasteiger partial charge >= 0.3 is 0 Å². The van der Waals surface area contributed by atoms with Crippen molar-refractivity contribution in [3.05, 3.63) is 237 Å². The number of anilines is 3. The zero-order chi connectivity index (χ0) is 41.7. The van der Waals surface area contributed by atoms with Gasteiger partial charge in [0.1, 0.15) is 22.3 Å². The van der Waals surface area contributed by atoms with Gasteiger partial charge in [0, 0.05) is 44.2 Å².